The molecule has 2 rings (SSSR count). The van der Waals surface area contributed by atoms with Gasteiger partial charge >= 0.3 is 0 Å². The molecule has 1 aromatic carbocycles. The molecule has 0 saturated heterocycles. The summed E-state index contributed by atoms with van der Waals surface area (Å²) in [5.41, 5.74) is 6.63. The molecular formula is C11H14N2O2S. The Labute approximate surface area is 99.0 Å². The Morgan fingerprint density at radius 2 is 2.25 bits per heavy atom. The number of nitrogens with zero attached hydrogens (tertiary/aromatic N) is 1. The van der Waals surface area contributed by atoms with Crippen molar-refractivity contribution in [3.8, 4) is 0 Å². The third-order valence-corrected chi connectivity index (χ3v) is 2.89. The number of benzene rings is 1. The Balaban J connectivity index is 1.70. The number of amidine groups is 1. The van der Waals surface area contributed by atoms with Crippen LogP contribution in [0.1, 0.15) is 5.56 Å². The Hall–Kier alpha value is -1.20. The molecule has 1 aliphatic heterocycles. The molecule has 0 fully saturated rings. The van der Waals surface area contributed by atoms with Crippen LogP contribution in [0.5, 0.6) is 0 Å². The van der Waals surface area contributed by atoms with Crippen LogP contribution in [0.15, 0.2) is 34.2 Å². The summed E-state index contributed by atoms with van der Waals surface area (Å²) in [5.74, 6) is 0. The average molecular weight is 238 g/mol. The van der Waals surface area contributed by atoms with Gasteiger partial charge in [0, 0.05) is 16.9 Å². The Kier molecular flexibility index (Phi) is 3.69. The summed E-state index contributed by atoms with van der Waals surface area (Å²) in [6.45, 7) is 3.13. The zero-order chi connectivity index (χ0) is 11.4. The van der Waals surface area contributed by atoms with E-state index >= 15 is 0 Å². The van der Waals surface area contributed by atoms with Gasteiger partial charge in [-0.25, -0.2) is 4.99 Å². The van der Waals surface area contributed by atoms with Crippen LogP contribution in [-0.4, -0.2) is 25.3 Å². The minimum absolute atomic E-state index is 0.0436. The number of aliphatic imine (C=N–C) groups is 1. The minimum Gasteiger partial charge on any atom is -0.458 e. The van der Waals surface area contributed by atoms with E-state index in [9.17, 15) is 0 Å². The lowest BCUT2D eigenvalue weighted by Crippen LogP contribution is -2.21. The summed E-state index contributed by atoms with van der Waals surface area (Å²) >= 11 is 1.35. The van der Waals surface area contributed by atoms with Crippen LogP contribution in [0.2, 0.25) is 0 Å². The molecule has 0 aliphatic carbocycles. The van der Waals surface area contributed by atoms with E-state index in [1.807, 2.05) is 12.1 Å². The van der Waals surface area contributed by atoms with Crippen LogP contribution in [0.25, 0.3) is 0 Å². The summed E-state index contributed by atoms with van der Waals surface area (Å²) in [6, 6.07) is 8.42. The van der Waals surface area contributed by atoms with E-state index in [0.717, 1.165) is 4.90 Å². The van der Waals surface area contributed by atoms with E-state index in [-0.39, 0.29) is 12.1 Å². The Morgan fingerprint density at radius 1 is 1.50 bits per heavy atom. The van der Waals surface area contributed by atoms with Gasteiger partial charge in [-0.15, -0.1) is 0 Å². The lowest BCUT2D eigenvalue weighted by atomic mass is 10.2. The highest BCUT2D eigenvalue weighted by Gasteiger charge is 2.17. The van der Waals surface area contributed by atoms with Crippen LogP contribution in [-0.2, 0) is 8.92 Å². The fourth-order valence-electron chi connectivity index (χ4n) is 1.30. The van der Waals surface area contributed by atoms with Crippen LogP contribution in [0.4, 0.5) is 0 Å². The van der Waals surface area contributed by atoms with Crippen molar-refractivity contribution in [3.63, 3.8) is 0 Å². The SMILES string of the molecule is Cc1ccc(SOC[C@@H]2CN=C(N)O2)cc1. The number of nitrogens with two attached hydrogens (primary N) is 1. The van der Waals surface area contributed by atoms with Gasteiger partial charge < -0.3 is 14.7 Å². The summed E-state index contributed by atoms with van der Waals surface area (Å²) < 4.78 is 10.7. The molecule has 86 valence electrons. The highest BCUT2D eigenvalue weighted by molar-refractivity contribution is 7.94. The van der Waals surface area contributed by atoms with E-state index in [2.05, 4.69) is 24.0 Å². The summed E-state index contributed by atoms with van der Waals surface area (Å²) in [6.07, 6.45) is -0.0436. The first-order chi connectivity index (χ1) is 7.74. The largest absolute Gasteiger partial charge is 0.458 e. The lowest BCUT2D eigenvalue weighted by molar-refractivity contribution is 0.155. The van der Waals surface area contributed by atoms with E-state index in [4.69, 9.17) is 14.7 Å². The normalized spacial score (nSPS) is 19.3. The van der Waals surface area contributed by atoms with Crippen molar-refractivity contribution in [3.05, 3.63) is 29.8 Å². The molecule has 4 nitrogen and oxygen atoms in total. The Bertz CT molecular complexity index is 378. The molecule has 1 aromatic rings. The first-order valence-electron chi connectivity index (χ1n) is 5.07. The third kappa shape index (κ3) is 3.15. The van der Waals surface area contributed by atoms with Crippen LogP contribution in [0, 0.1) is 6.92 Å². The second-order valence-electron chi connectivity index (χ2n) is 3.60. The number of hydrogen-bond acceptors (Lipinski definition) is 5. The van der Waals surface area contributed by atoms with Crippen molar-refractivity contribution in [1.29, 1.82) is 0 Å². The molecule has 2 N–H and O–H groups in total. The summed E-state index contributed by atoms with van der Waals surface area (Å²) in [5, 5.41) is 0. The zero-order valence-electron chi connectivity index (χ0n) is 9.05. The molecular weight excluding hydrogens is 224 g/mol. The molecule has 1 heterocycles. The van der Waals surface area contributed by atoms with Gasteiger partial charge in [0.1, 0.15) is 12.7 Å². The van der Waals surface area contributed by atoms with Gasteiger partial charge in [0.15, 0.2) is 0 Å². The van der Waals surface area contributed by atoms with E-state index in [0.29, 0.717) is 13.2 Å². The van der Waals surface area contributed by atoms with Gasteiger partial charge in [0.2, 0.25) is 0 Å². The van der Waals surface area contributed by atoms with Gasteiger partial charge in [0.05, 0.1) is 6.54 Å². The van der Waals surface area contributed by atoms with Crippen molar-refractivity contribution in [2.45, 2.75) is 17.9 Å². The Morgan fingerprint density at radius 3 is 2.88 bits per heavy atom. The highest BCUT2D eigenvalue weighted by Crippen LogP contribution is 2.20. The van der Waals surface area contributed by atoms with E-state index in [1.54, 1.807) is 0 Å². The molecule has 0 radical (unpaired) electrons. The van der Waals surface area contributed by atoms with Crippen LogP contribution < -0.4 is 5.73 Å². The molecule has 5 heteroatoms. The zero-order valence-corrected chi connectivity index (χ0v) is 9.87. The van der Waals surface area contributed by atoms with E-state index in [1.165, 1.54) is 17.6 Å². The molecule has 0 spiro atoms. The predicted octanol–water partition coefficient (Wildman–Crippen LogP) is 1.73. The van der Waals surface area contributed by atoms with Gasteiger partial charge in [0.25, 0.3) is 6.02 Å². The molecule has 0 unspecified atom stereocenters. The lowest BCUT2D eigenvalue weighted by Gasteiger charge is -2.09. The molecule has 0 aromatic heterocycles. The molecule has 0 bridgehead atoms. The predicted molar refractivity (Wildman–Crippen MR) is 64.4 cm³/mol. The topological polar surface area (TPSA) is 56.8 Å². The number of ether oxygens (including phenoxy) is 1. The van der Waals surface area contributed by atoms with Crippen molar-refractivity contribution >= 4 is 18.1 Å². The van der Waals surface area contributed by atoms with Crippen LogP contribution >= 0.6 is 12.0 Å². The second-order valence-corrected chi connectivity index (χ2v) is 4.47. The van der Waals surface area contributed by atoms with Gasteiger partial charge in [-0.2, -0.15) is 0 Å². The monoisotopic (exact) mass is 238 g/mol. The summed E-state index contributed by atoms with van der Waals surface area (Å²) in [4.78, 5) is 5.02. The summed E-state index contributed by atoms with van der Waals surface area (Å²) in [7, 11) is 0. The fourth-order valence-corrected chi connectivity index (χ4v) is 1.90. The molecule has 1 atom stereocenters. The molecule has 1 aliphatic rings. The molecule has 0 amide bonds. The third-order valence-electron chi connectivity index (χ3n) is 2.17. The maximum absolute atomic E-state index is 5.45. The standard InChI is InChI=1S/C11H14N2O2S/c1-8-2-4-10(5-3-8)16-14-7-9-6-13-11(12)15-9/h2-5,9H,6-7H2,1H3,(H2,12,13)/t9-/m0/s1. The van der Waals surface area contributed by atoms with Gasteiger partial charge in [-0.1, -0.05) is 17.7 Å². The first-order valence-corrected chi connectivity index (χ1v) is 5.81. The van der Waals surface area contributed by atoms with Crippen molar-refractivity contribution in [2.75, 3.05) is 13.2 Å². The van der Waals surface area contributed by atoms with Crippen LogP contribution in [0.3, 0.4) is 0 Å². The number of rotatable bonds is 4. The molecule has 0 saturated carbocycles. The highest BCUT2D eigenvalue weighted by atomic mass is 32.2. The second kappa shape index (κ2) is 5.23. The van der Waals surface area contributed by atoms with Gasteiger partial charge in [-0.3, -0.25) is 0 Å². The number of hydrogen-bond donors (Lipinski definition) is 1. The van der Waals surface area contributed by atoms with Gasteiger partial charge in [-0.05, 0) is 19.1 Å². The minimum atomic E-state index is -0.0436. The van der Waals surface area contributed by atoms with Crippen molar-refractivity contribution < 1.29 is 8.92 Å². The van der Waals surface area contributed by atoms with Crippen molar-refractivity contribution in [1.82, 2.24) is 0 Å². The first kappa shape index (κ1) is 11.3. The maximum atomic E-state index is 5.45. The smallest absolute Gasteiger partial charge is 0.282 e. The average Bonchev–Trinajstić information content (AvgIpc) is 2.67. The maximum Gasteiger partial charge on any atom is 0.282 e. The quantitative estimate of drug-likeness (QED) is 0.812. The van der Waals surface area contributed by atoms with E-state index < -0.39 is 0 Å². The number of aryl methyl sites for hydroxylation is 1. The van der Waals surface area contributed by atoms with Crippen molar-refractivity contribution in [2.24, 2.45) is 10.7 Å². The molecule has 16 heavy (non-hydrogen) atoms. The fraction of sp³-hybridized carbons (Fsp3) is 0.364.